The summed E-state index contributed by atoms with van der Waals surface area (Å²) in [6.45, 7) is 5.04. The predicted octanol–water partition coefficient (Wildman–Crippen LogP) is 0.955. The Bertz CT molecular complexity index is 576. The van der Waals surface area contributed by atoms with E-state index < -0.39 is 0 Å². The number of hydrogen-bond acceptors (Lipinski definition) is 4. The molecular formula is C11H15ClN6O. The highest BCUT2D eigenvalue weighted by Gasteiger charge is 2.15. The fraction of sp³-hybridized carbons (Fsp3) is 0.455. The average molecular weight is 283 g/mol. The van der Waals surface area contributed by atoms with Gasteiger partial charge in [0.2, 0.25) is 0 Å². The van der Waals surface area contributed by atoms with Crippen molar-refractivity contribution in [3.05, 3.63) is 28.6 Å². The highest BCUT2D eigenvalue weighted by atomic mass is 35.5. The number of carbonyl (C=O) groups excluding carboxylic acids is 1. The molecule has 0 aromatic carbocycles. The van der Waals surface area contributed by atoms with Crippen LogP contribution in [0.2, 0.25) is 5.02 Å². The Kier molecular flexibility index (Phi) is 4.16. The molecule has 7 nitrogen and oxygen atoms in total. The quantitative estimate of drug-likeness (QED) is 0.855. The molecule has 0 radical (unpaired) electrons. The molecule has 0 aliphatic carbocycles. The minimum Gasteiger partial charge on any atom is -0.350 e. The van der Waals surface area contributed by atoms with Crippen molar-refractivity contribution in [2.24, 2.45) is 0 Å². The second-order valence-electron chi connectivity index (χ2n) is 4.05. The van der Waals surface area contributed by atoms with Crippen LogP contribution in [0.3, 0.4) is 0 Å². The minimum atomic E-state index is -0.295. The standard InChI is InChI=1S/C11H15ClN6O/c1-3-18-6-14-16-8(18)4-5-13-11(19)10-9(12)7(2)15-17-10/h6H,3-5H2,1-2H3,(H,13,19)(H,15,17). The number of hydrogen-bond donors (Lipinski definition) is 2. The van der Waals surface area contributed by atoms with E-state index >= 15 is 0 Å². The number of nitrogens with zero attached hydrogens (tertiary/aromatic N) is 4. The highest BCUT2D eigenvalue weighted by molar-refractivity contribution is 6.34. The van der Waals surface area contributed by atoms with Crippen molar-refractivity contribution in [3.63, 3.8) is 0 Å². The van der Waals surface area contributed by atoms with Gasteiger partial charge in [-0.25, -0.2) is 0 Å². The summed E-state index contributed by atoms with van der Waals surface area (Å²) in [4.78, 5) is 11.8. The summed E-state index contributed by atoms with van der Waals surface area (Å²) in [5.74, 6) is 0.545. The maximum Gasteiger partial charge on any atom is 0.273 e. The lowest BCUT2D eigenvalue weighted by molar-refractivity contribution is 0.0949. The van der Waals surface area contributed by atoms with E-state index in [9.17, 15) is 4.79 Å². The van der Waals surface area contributed by atoms with Crippen LogP contribution in [0.5, 0.6) is 0 Å². The summed E-state index contributed by atoms with van der Waals surface area (Å²) >= 11 is 5.95. The number of H-pyrrole nitrogens is 1. The normalized spacial score (nSPS) is 10.7. The summed E-state index contributed by atoms with van der Waals surface area (Å²) in [6.07, 6.45) is 2.28. The van der Waals surface area contributed by atoms with E-state index in [1.54, 1.807) is 13.3 Å². The number of aromatic amines is 1. The molecule has 1 amide bonds. The van der Waals surface area contributed by atoms with Gasteiger partial charge in [-0.2, -0.15) is 5.10 Å². The Morgan fingerprint density at radius 1 is 1.58 bits per heavy atom. The van der Waals surface area contributed by atoms with Gasteiger partial charge in [-0.3, -0.25) is 9.89 Å². The maximum absolute atomic E-state index is 11.8. The SMILES string of the molecule is CCn1cnnc1CCNC(=O)c1n[nH]c(C)c1Cl. The van der Waals surface area contributed by atoms with E-state index in [1.807, 2.05) is 11.5 Å². The second-order valence-corrected chi connectivity index (χ2v) is 4.43. The van der Waals surface area contributed by atoms with Crippen LogP contribution < -0.4 is 5.32 Å². The van der Waals surface area contributed by atoms with E-state index in [2.05, 4.69) is 25.7 Å². The van der Waals surface area contributed by atoms with Crippen LogP contribution in [-0.4, -0.2) is 37.4 Å². The molecule has 0 saturated carbocycles. The number of aromatic nitrogens is 5. The first kappa shape index (κ1) is 13.5. The van der Waals surface area contributed by atoms with Gasteiger partial charge in [-0.1, -0.05) is 11.6 Å². The molecule has 0 spiro atoms. The number of carbonyl (C=O) groups is 1. The molecule has 0 saturated heterocycles. The Morgan fingerprint density at radius 2 is 2.37 bits per heavy atom. The number of aryl methyl sites for hydroxylation is 2. The van der Waals surface area contributed by atoms with Crippen molar-refractivity contribution in [1.82, 2.24) is 30.3 Å². The highest BCUT2D eigenvalue weighted by Crippen LogP contribution is 2.16. The Labute approximate surface area is 115 Å². The van der Waals surface area contributed by atoms with E-state index in [0.29, 0.717) is 23.7 Å². The van der Waals surface area contributed by atoms with Crippen LogP contribution in [-0.2, 0) is 13.0 Å². The summed E-state index contributed by atoms with van der Waals surface area (Å²) in [6, 6.07) is 0. The van der Waals surface area contributed by atoms with E-state index in [-0.39, 0.29) is 11.6 Å². The molecule has 0 bridgehead atoms. The zero-order chi connectivity index (χ0) is 13.8. The molecule has 0 aliphatic heterocycles. The van der Waals surface area contributed by atoms with Crippen molar-refractivity contribution >= 4 is 17.5 Å². The average Bonchev–Trinajstić information content (AvgIpc) is 2.97. The number of nitrogens with one attached hydrogen (secondary N) is 2. The van der Waals surface area contributed by atoms with Gasteiger partial charge in [-0.15, -0.1) is 10.2 Å². The fourth-order valence-corrected chi connectivity index (χ4v) is 1.84. The molecule has 2 rings (SSSR count). The molecule has 19 heavy (non-hydrogen) atoms. The largest absolute Gasteiger partial charge is 0.350 e. The second kappa shape index (κ2) is 5.83. The van der Waals surface area contributed by atoms with Gasteiger partial charge in [0, 0.05) is 19.5 Å². The fourth-order valence-electron chi connectivity index (χ4n) is 1.67. The van der Waals surface area contributed by atoms with Crippen molar-refractivity contribution in [3.8, 4) is 0 Å². The third-order valence-corrected chi connectivity index (χ3v) is 3.22. The predicted molar refractivity (Wildman–Crippen MR) is 70.1 cm³/mol. The lowest BCUT2D eigenvalue weighted by Gasteiger charge is -2.04. The Balaban J connectivity index is 1.89. The first-order chi connectivity index (χ1) is 9.13. The summed E-state index contributed by atoms with van der Waals surface area (Å²) in [5.41, 5.74) is 0.897. The zero-order valence-corrected chi connectivity index (χ0v) is 11.5. The van der Waals surface area contributed by atoms with Gasteiger partial charge in [0.05, 0.1) is 10.7 Å². The molecule has 0 unspecified atom stereocenters. The Hall–Kier alpha value is -1.89. The first-order valence-electron chi connectivity index (χ1n) is 5.98. The molecule has 2 N–H and O–H groups in total. The van der Waals surface area contributed by atoms with E-state index in [1.165, 1.54) is 0 Å². The molecule has 2 aromatic rings. The van der Waals surface area contributed by atoms with Crippen molar-refractivity contribution in [2.45, 2.75) is 26.8 Å². The molecule has 2 heterocycles. The monoisotopic (exact) mass is 282 g/mol. The van der Waals surface area contributed by atoms with Crippen LogP contribution in [0.4, 0.5) is 0 Å². The lowest BCUT2D eigenvalue weighted by atomic mass is 10.3. The molecule has 2 aromatic heterocycles. The van der Waals surface area contributed by atoms with Crippen molar-refractivity contribution in [2.75, 3.05) is 6.54 Å². The molecular weight excluding hydrogens is 268 g/mol. The third kappa shape index (κ3) is 2.93. The van der Waals surface area contributed by atoms with Gasteiger partial charge >= 0.3 is 0 Å². The van der Waals surface area contributed by atoms with Crippen LogP contribution >= 0.6 is 11.6 Å². The zero-order valence-electron chi connectivity index (χ0n) is 10.8. The summed E-state index contributed by atoms with van der Waals surface area (Å²) in [7, 11) is 0. The molecule has 0 atom stereocenters. The van der Waals surface area contributed by atoms with Gasteiger partial charge < -0.3 is 9.88 Å². The molecule has 8 heteroatoms. The van der Waals surface area contributed by atoms with Crippen molar-refractivity contribution < 1.29 is 4.79 Å². The number of amides is 1. The number of rotatable bonds is 5. The van der Waals surface area contributed by atoms with Crippen LogP contribution in [0.1, 0.15) is 28.9 Å². The van der Waals surface area contributed by atoms with Crippen molar-refractivity contribution in [1.29, 1.82) is 0 Å². The van der Waals surface area contributed by atoms with Crippen LogP contribution in [0, 0.1) is 6.92 Å². The van der Waals surface area contributed by atoms with Gasteiger partial charge in [0.1, 0.15) is 12.2 Å². The Morgan fingerprint density at radius 3 is 3.00 bits per heavy atom. The third-order valence-electron chi connectivity index (χ3n) is 2.76. The van der Waals surface area contributed by atoms with E-state index in [0.717, 1.165) is 12.4 Å². The van der Waals surface area contributed by atoms with Gasteiger partial charge in [-0.05, 0) is 13.8 Å². The minimum absolute atomic E-state index is 0.219. The van der Waals surface area contributed by atoms with E-state index in [4.69, 9.17) is 11.6 Å². The van der Waals surface area contributed by atoms with Gasteiger partial charge in [0.25, 0.3) is 5.91 Å². The first-order valence-corrected chi connectivity index (χ1v) is 6.36. The smallest absolute Gasteiger partial charge is 0.273 e. The van der Waals surface area contributed by atoms with Gasteiger partial charge in [0.15, 0.2) is 5.69 Å². The topological polar surface area (TPSA) is 88.5 Å². The lowest BCUT2D eigenvalue weighted by Crippen LogP contribution is -2.27. The summed E-state index contributed by atoms with van der Waals surface area (Å²) in [5, 5.41) is 17.5. The number of halogens is 1. The maximum atomic E-state index is 11.8. The van der Waals surface area contributed by atoms with Crippen LogP contribution in [0.15, 0.2) is 6.33 Å². The summed E-state index contributed by atoms with van der Waals surface area (Å²) < 4.78 is 1.93. The molecule has 0 aliphatic rings. The van der Waals surface area contributed by atoms with Crippen LogP contribution in [0.25, 0.3) is 0 Å². The molecule has 0 fully saturated rings. The molecule has 102 valence electrons.